The molecule has 0 aliphatic heterocycles. The van der Waals surface area contributed by atoms with E-state index in [-0.39, 0.29) is 18.2 Å². The molecule has 0 saturated heterocycles. The normalized spacial score (nSPS) is 8.50. The van der Waals surface area contributed by atoms with E-state index < -0.39 is 0 Å². The van der Waals surface area contributed by atoms with Gasteiger partial charge in [-0.05, 0) is 0 Å². The van der Waals surface area contributed by atoms with Gasteiger partial charge in [0.1, 0.15) is 15.9 Å². The zero-order valence-electron chi connectivity index (χ0n) is 4.80. The van der Waals surface area contributed by atoms with Crippen molar-refractivity contribution in [1.29, 1.82) is 5.41 Å². The highest BCUT2D eigenvalue weighted by atomic mass is 35.5. The van der Waals surface area contributed by atoms with Crippen molar-refractivity contribution in [3.05, 3.63) is 15.5 Å². The highest BCUT2D eigenvalue weighted by Crippen LogP contribution is 2.18. The monoisotopic (exact) mass is 197 g/mol. The minimum Gasteiger partial charge on any atom is -0.382 e. The number of aromatic nitrogens is 1. The average molecular weight is 198 g/mol. The number of hydrogen-bond donors (Lipinski definition) is 2. The summed E-state index contributed by atoms with van der Waals surface area (Å²) in [5, 5.41) is 6.93. The minimum absolute atomic E-state index is 0. The highest BCUT2D eigenvalue weighted by Gasteiger charge is 2.04. The summed E-state index contributed by atoms with van der Waals surface area (Å²) in [6.45, 7) is 0. The van der Waals surface area contributed by atoms with E-state index in [0.29, 0.717) is 10.0 Å². The SMILES string of the molecule is Cl.N=C(N)c1ncsc1Cl. The lowest BCUT2D eigenvalue weighted by atomic mass is 10.5. The van der Waals surface area contributed by atoms with Gasteiger partial charge in [0.15, 0.2) is 0 Å². The number of nitrogen functional groups attached to an aromatic ring is 1. The first kappa shape index (κ1) is 9.68. The Morgan fingerprint density at radius 1 is 1.80 bits per heavy atom. The van der Waals surface area contributed by atoms with Gasteiger partial charge < -0.3 is 5.73 Å². The number of amidine groups is 1. The Morgan fingerprint density at radius 2 is 2.40 bits per heavy atom. The summed E-state index contributed by atoms with van der Waals surface area (Å²) < 4.78 is 0.475. The molecule has 1 rings (SSSR count). The van der Waals surface area contributed by atoms with E-state index in [1.54, 1.807) is 5.51 Å². The summed E-state index contributed by atoms with van der Waals surface area (Å²) >= 11 is 6.84. The van der Waals surface area contributed by atoms with Crippen LogP contribution in [0.15, 0.2) is 5.51 Å². The van der Waals surface area contributed by atoms with Crippen LogP contribution in [0.1, 0.15) is 5.69 Å². The maximum atomic E-state index is 6.93. The van der Waals surface area contributed by atoms with E-state index in [1.165, 1.54) is 11.3 Å². The van der Waals surface area contributed by atoms with Gasteiger partial charge in [-0.15, -0.1) is 23.7 Å². The third kappa shape index (κ3) is 1.83. The van der Waals surface area contributed by atoms with Crippen molar-refractivity contribution in [2.45, 2.75) is 0 Å². The number of hydrogen-bond acceptors (Lipinski definition) is 3. The van der Waals surface area contributed by atoms with E-state index in [2.05, 4.69) is 4.98 Å². The molecule has 1 heterocycles. The second-order valence-electron chi connectivity index (χ2n) is 1.39. The molecular weight excluding hydrogens is 193 g/mol. The highest BCUT2D eigenvalue weighted by molar-refractivity contribution is 7.14. The molecule has 6 heteroatoms. The van der Waals surface area contributed by atoms with E-state index >= 15 is 0 Å². The van der Waals surface area contributed by atoms with E-state index in [4.69, 9.17) is 22.7 Å². The Hall–Kier alpha value is -0.320. The van der Waals surface area contributed by atoms with Crippen LogP contribution in [0.25, 0.3) is 0 Å². The van der Waals surface area contributed by atoms with Gasteiger partial charge in [-0.1, -0.05) is 11.6 Å². The molecule has 0 bridgehead atoms. The van der Waals surface area contributed by atoms with Gasteiger partial charge in [-0.25, -0.2) is 4.98 Å². The van der Waals surface area contributed by atoms with Crippen LogP contribution >= 0.6 is 35.3 Å². The van der Waals surface area contributed by atoms with E-state index in [0.717, 1.165) is 0 Å². The molecule has 0 radical (unpaired) electrons. The molecule has 10 heavy (non-hydrogen) atoms. The Labute approximate surface area is 73.1 Å². The molecule has 0 atom stereocenters. The third-order valence-electron chi connectivity index (χ3n) is 0.779. The molecule has 0 saturated carbocycles. The first-order chi connectivity index (χ1) is 4.22. The molecule has 0 spiro atoms. The van der Waals surface area contributed by atoms with Crippen molar-refractivity contribution in [3.8, 4) is 0 Å². The Bertz CT molecular complexity index is 234. The summed E-state index contributed by atoms with van der Waals surface area (Å²) in [5.41, 5.74) is 7.03. The van der Waals surface area contributed by atoms with Gasteiger partial charge in [0.25, 0.3) is 0 Å². The summed E-state index contributed by atoms with van der Waals surface area (Å²) in [5.74, 6) is -0.0822. The minimum atomic E-state index is -0.0822. The number of rotatable bonds is 1. The zero-order chi connectivity index (χ0) is 6.85. The standard InChI is InChI=1S/C4H4ClN3S.ClH/c5-3-2(4(6)7)8-1-9-3;/h1H,(H3,6,7);1H. The van der Waals surface area contributed by atoms with Crippen LogP contribution in [-0.4, -0.2) is 10.8 Å². The Kier molecular flexibility index (Phi) is 3.63. The van der Waals surface area contributed by atoms with Crippen molar-refractivity contribution in [3.63, 3.8) is 0 Å². The summed E-state index contributed by atoms with van der Waals surface area (Å²) in [6.07, 6.45) is 0. The third-order valence-corrected chi connectivity index (χ3v) is 1.84. The molecule has 0 amide bonds. The number of nitrogens with zero attached hydrogens (tertiary/aromatic N) is 1. The van der Waals surface area contributed by atoms with Crippen molar-refractivity contribution < 1.29 is 0 Å². The molecule has 3 nitrogen and oxygen atoms in total. The number of thiazole rings is 1. The predicted octanol–water partition coefficient (Wildman–Crippen LogP) is 1.50. The van der Waals surface area contributed by atoms with Gasteiger partial charge in [0.2, 0.25) is 0 Å². The van der Waals surface area contributed by atoms with Gasteiger partial charge >= 0.3 is 0 Å². The van der Waals surface area contributed by atoms with E-state index in [1.807, 2.05) is 0 Å². The molecule has 0 fully saturated rings. The molecule has 1 aromatic rings. The maximum absolute atomic E-state index is 6.93. The second-order valence-corrected chi connectivity index (χ2v) is 2.85. The molecule has 3 N–H and O–H groups in total. The fourth-order valence-corrected chi connectivity index (χ4v) is 1.20. The van der Waals surface area contributed by atoms with Crippen LogP contribution in [0.2, 0.25) is 4.34 Å². The molecule has 1 aromatic heterocycles. The van der Waals surface area contributed by atoms with Crippen molar-refractivity contribution >= 4 is 41.2 Å². The Balaban J connectivity index is 0.000000810. The lowest BCUT2D eigenvalue weighted by molar-refractivity contribution is 1.32. The molecule has 0 aliphatic carbocycles. The van der Waals surface area contributed by atoms with Crippen LogP contribution in [0.4, 0.5) is 0 Å². The van der Waals surface area contributed by atoms with Gasteiger partial charge in [0.05, 0.1) is 5.51 Å². The van der Waals surface area contributed by atoms with Gasteiger partial charge in [-0.2, -0.15) is 0 Å². The van der Waals surface area contributed by atoms with Crippen LogP contribution in [0, 0.1) is 5.41 Å². The first-order valence-electron chi connectivity index (χ1n) is 2.15. The van der Waals surface area contributed by atoms with Crippen molar-refractivity contribution in [1.82, 2.24) is 4.98 Å². The van der Waals surface area contributed by atoms with Crippen LogP contribution in [0.5, 0.6) is 0 Å². The molecular formula is C4H5Cl2N3S. The molecule has 56 valence electrons. The van der Waals surface area contributed by atoms with Crippen LogP contribution < -0.4 is 5.73 Å². The molecule has 0 aromatic carbocycles. The fraction of sp³-hybridized carbons (Fsp3) is 0. The van der Waals surface area contributed by atoms with E-state index in [9.17, 15) is 0 Å². The fourth-order valence-electron chi connectivity index (χ4n) is 0.407. The molecule has 0 aliphatic rings. The maximum Gasteiger partial charge on any atom is 0.144 e. The number of nitrogens with one attached hydrogen (secondary N) is 1. The largest absolute Gasteiger partial charge is 0.382 e. The van der Waals surface area contributed by atoms with Crippen molar-refractivity contribution in [2.75, 3.05) is 0 Å². The van der Waals surface area contributed by atoms with Crippen molar-refractivity contribution in [2.24, 2.45) is 5.73 Å². The summed E-state index contributed by atoms with van der Waals surface area (Å²) in [4.78, 5) is 3.75. The first-order valence-corrected chi connectivity index (χ1v) is 3.41. The zero-order valence-corrected chi connectivity index (χ0v) is 7.19. The quantitative estimate of drug-likeness (QED) is 0.530. The lowest BCUT2D eigenvalue weighted by Crippen LogP contribution is -2.11. The second kappa shape index (κ2) is 3.75. The average Bonchev–Trinajstić information content (AvgIpc) is 2.13. The van der Waals surface area contributed by atoms with Crippen LogP contribution in [0.3, 0.4) is 0 Å². The topological polar surface area (TPSA) is 62.8 Å². The Morgan fingerprint density at radius 3 is 2.60 bits per heavy atom. The van der Waals surface area contributed by atoms with Gasteiger partial charge in [0, 0.05) is 0 Å². The summed E-state index contributed by atoms with van der Waals surface area (Å²) in [6, 6.07) is 0. The lowest BCUT2D eigenvalue weighted by Gasteiger charge is -1.87. The molecule has 0 unspecified atom stereocenters. The number of halogens is 2. The summed E-state index contributed by atoms with van der Waals surface area (Å²) in [7, 11) is 0. The predicted molar refractivity (Wildman–Crippen MR) is 45.4 cm³/mol. The smallest absolute Gasteiger partial charge is 0.144 e. The van der Waals surface area contributed by atoms with Gasteiger partial charge in [-0.3, -0.25) is 5.41 Å². The number of nitrogens with two attached hydrogens (primary N) is 1. The van der Waals surface area contributed by atoms with Crippen LogP contribution in [-0.2, 0) is 0 Å².